The molecule has 16 heavy (non-hydrogen) atoms. The molecule has 0 aromatic heterocycles. The lowest BCUT2D eigenvalue weighted by Gasteiger charge is -2.05. The number of phenolic OH excluding ortho intramolecular Hbond substituents is 1. The van der Waals surface area contributed by atoms with E-state index in [9.17, 15) is 8.42 Å². The second kappa shape index (κ2) is 3.64. The fourth-order valence-electron chi connectivity index (χ4n) is 1.12. The summed E-state index contributed by atoms with van der Waals surface area (Å²) in [5, 5.41) is 8.71. The Morgan fingerprint density at radius 2 is 1.88 bits per heavy atom. The van der Waals surface area contributed by atoms with Crippen LogP contribution in [0.2, 0.25) is 0 Å². The van der Waals surface area contributed by atoms with Crippen molar-refractivity contribution in [3.8, 4) is 11.5 Å². The SMILES string of the molecule is CC1=CN=C(Oc2ccc(O)cc2)S1(=O)=O. The average Bonchev–Trinajstić information content (AvgIpc) is 2.48. The summed E-state index contributed by atoms with van der Waals surface area (Å²) in [7, 11) is -3.55. The summed E-state index contributed by atoms with van der Waals surface area (Å²) in [5.41, 5.74) is 0. The van der Waals surface area contributed by atoms with E-state index in [0.717, 1.165) is 0 Å². The zero-order chi connectivity index (χ0) is 11.8. The van der Waals surface area contributed by atoms with Gasteiger partial charge in [-0.05, 0) is 31.2 Å². The third-order valence-corrected chi connectivity index (χ3v) is 3.65. The average molecular weight is 239 g/mol. The molecule has 0 fully saturated rings. The molecular weight excluding hydrogens is 230 g/mol. The van der Waals surface area contributed by atoms with Gasteiger partial charge in [-0.25, -0.2) is 13.4 Å². The molecule has 2 rings (SSSR count). The standard InChI is InChI=1S/C10H9NO4S/c1-7-6-11-10(16(7,13)14)15-9-4-2-8(12)3-5-9/h2-6,12H,1H3. The molecule has 0 spiro atoms. The van der Waals surface area contributed by atoms with Crippen LogP contribution in [0.25, 0.3) is 0 Å². The lowest BCUT2D eigenvalue weighted by atomic mass is 10.3. The molecule has 1 aromatic carbocycles. The predicted molar refractivity (Wildman–Crippen MR) is 58.8 cm³/mol. The van der Waals surface area contributed by atoms with Gasteiger partial charge in [-0.2, -0.15) is 0 Å². The van der Waals surface area contributed by atoms with Crippen LogP contribution in [-0.4, -0.2) is 18.8 Å². The van der Waals surface area contributed by atoms with Gasteiger partial charge in [-0.3, -0.25) is 0 Å². The van der Waals surface area contributed by atoms with Crippen LogP contribution in [0.5, 0.6) is 11.5 Å². The molecule has 1 aliphatic rings. The Morgan fingerprint density at radius 1 is 1.25 bits per heavy atom. The lowest BCUT2D eigenvalue weighted by Crippen LogP contribution is -2.18. The summed E-state index contributed by atoms with van der Waals surface area (Å²) in [6.07, 6.45) is 1.24. The minimum Gasteiger partial charge on any atom is -0.508 e. The van der Waals surface area contributed by atoms with Crippen molar-refractivity contribution in [3.05, 3.63) is 35.4 Å². The second-order valence-electron chi connectivity index (χ2n) is 3.23. The molecule has 1 aliphatic heterocycles. The Labute approximate surface area is 92.6 Å². The molecule has 6 heteroatoms. The van der Waals surface area contributed by atoms with Crippen LogP contribution in [0.4, 0.5) is 0 Å². The summed E-state index contributed by atoms with van der Waals surface area (Å²) in [5.74, 6) is 0.390. The van der Waals surface area contributed by atoms with Crippen LogP contribution in [-0.2, 0) is 9.84 Å². The number of nitrogens with zero attached hydrogens (tertiary/aromatic N) is 1. The van der Waals surface area contributed by atoms with Gasteiger partial charge in [0.1, 0.15) is 11.5 Å². The number of allylic oxidation sites excluding steroid dienone is 1. The van der Waals surface area contributed by atoms with Gasteiger partial charge in [0.2, 0.25) is 0 Å². The molecular formula is C10H9NO4S. The van der Waals surface area contributed by atoms with E-state index < -0.39 is 9.84 Å². The van der Waals surface area contributed by atoms with E-state index >= 15 is 0 Å². The smallest absolute Gasteiger partial charge is 0.319 e. The summed E-state index contributed by atoms with van der Waals surface area (Å²) in [4.78, 5) is 3.82. The van der Waals surface area contributed by atoms with E-state index in [-0.39, 0.29) is 15.9 Å². The van der Waals surface area contributed by atoms with E-state index in [0.29, 0.717) is 5.75 Å². The summed E-state index contributed by atoms with van der Waals surface area (Å²) >= 11 is 0. The second-order valence-corrected chi connectivity index (χ2v) is 5.23. The first-order valence-electron chi connectivity index (χ1n) is 4.47. The Kier molecular flexibility index (Phi) is 2.43. The molecule has 0 saturated carbocycles. The first-order chi connectivity index (χ1) is 7.50. The lowest BCUT2D eigenvalue weighted by molar-refractivity contribution is 0.473. The summed E-state index contributed by atoms with van der Waals surface area (Å²) in [6.45, 7) is 1.45. The molecule has 0 amide bonds. The molecule has 84 valence electrons. The van der Waals surface area contributed by atoms with E-state index in [2.05, 4.69) is 4.99 Å². The van der Waals surface area contributed by atoms with E-state index in [4.69, 9.17) is 9.84 Å². The van der Waals surface area contributed by atoms with Crippen molar-refractivity contribution in [1.29, 1.82) is 0 Å². The highest BCUT2D eigenvalue weighted by Crippen LogP contribution is 2.21. The van der Waals surface area contributed by atoms with Gasteiger partial charge < -0.3 is 9.84 Å². The van der Waals surface area contributed by atoms with E-state index in [1.807, 2.05) is 0 Å². The zero-order valence-corrected chi connectivity index (χ0v) is 9.23. The monoisotopic (exact) mass is 239 g/mol. The van der Waals surface area contributed by atoms with Crippen molar-refractivity contribution in [2.45, 2.75) is 6.92 Å². The predicted octanol–water partition coefficient (Wildman–Crippen LogP) is 1.42. The van der Waals surface area contributed by atoms with Crippen LogP contribution in [0, 0.1) is 0 Å². The molecule has 0 radical (unpaired) electrons. The molecule has 0 bridgehead atoms. The fraction of sp³-hybridized carbons (Fsp3) is 0.100. The van der Waals surface area contributed by atoms with Gasteiger partial charge in [-0.15, -0.1) is 0 Å². The topological polar surface area (TPSA) is 76.0 Å². The highest BCUT2D eigenvalue weighted by molar-refractivity contribution is 8.09. The Hall–Kier alpha value is -1.82. The Morgan fingerprint density at radius 3 is 2.38 bits per heavy atom. The molecule has 0 unspecified atom stereocenters. The van der Waals surface area contributed by atoms with Crippen molar-refractivity contribution in [3.63, 3.8) is 0 Å². The summed E-state index contributed by atoms with van der Waals surface area (Å²) < 4.78 is 28.3. The highest BCUT2D eigenvalue weighted by Gasteiger charge is 2.28. The number of aromatic hydroxyl groups is 1. The number of aliphatic imine (C=N–C) groups is 1. The number of ether oxygens (including phenoxy) is 1. The minimum atomic E-state index is -3.55. The first kappa shape index (κ1) is 10.7. The maximum Gasteiger partial charge on any atom is 0.319 e. The quantitative estimate of drug-likeness (QED) is 0.804. The van der Waals surface area contributed by atoms with Crippen LogP contribution >= 0.6 is 0 Å². The van der Waals surface area contributed by atoms with Crippen molar-refractivity contribution in [1.82, 2.24) is 0 Å². The van der Waals surface area contributed by atoms with Crippen molar-refractivity contribution in [2.75, 3.05) is 0 Å². The number of phenols is 1. The first-order valence-corrected chi connectivity index (χ1v) is 5.95. The van der Waals surface area contributed by atoms with Crippen molar-refractivity contribution >= 4 is 15.1 Å². The Balaban J connectivity index is 2.23. The molecule has 1 aromatic rings. The normalized spacial score (nSPS) is 17.8. The molecule has 0 saturated heterocycles. The van der Waals surface area contributed by atoms with Crippen LogP contribution in [0.3, 0.4) is 0 Å². The third kappa shape index (κ3) is 1.79. The van der Waals surface area contributed by atoms with Gasteiger partial charge in [0, 0.05) is 6.20 Å². The fourth-order valence-corrected chi connectivity index (χ4v) is 1.98. The van der Waals surface area contributed by atoms with Gasteiger partial charge >= 0.3 is 5.23 Å². The minimum absolute atomic E-state index is 0.0814. The van der Waals surface area contributed by atoms with Gasteiger partial charge in [0.15, 0.2) is 0 Å². The van der Waals surface area contributed by atoms with Gasteiger partial charge in [-0.1, -0.05) is 0 Å². The highest BCUT2D eigenvalue weighted by atomic mass is 32.2. The van der Waals surface area contributed by atoms with Gasteiger partial charge in [0.25, 0.3) is 9.84 Å². The number of sulfone groups is 1. The van der Waals surface area contributed by atoms with E-state index in [1.165, 1.54) is 37.4 Å². The van der Waals surface area contributed by atoms with Crippen LogP contribution in [0.1, 0.15) is 6.92 Å². The van der Waals surface area contributed by atoms with Crippen molar-refractivity contribution in [2.24, 2.45) is 4.99 Å². The molecule has 5 nitrogen and oxygen atoms in total. The molecule has 0 aliphatic carbocycles. The van der Waals surface area contributed by atoms with E-state index in [1.54, 1.807) is 0 Å². The van der Waals surface area contributed by atoms with Crippen LogP contribution < -0.4 is 4.74 Å². The molecule has 0 atom stereocenters. The Bertz CT molecular complexity index is 569. The number of rotatable bonds is 1. The maximum atomic E-state index is 11.6. The zero-order valence-electron chi connectivity index (χ0n) is 8.41. The molecule has 1 heterocycles. The molecule has 1 N–H and O–H groups in total. The largest absolute Gasteiger partial charge is 0.508 e. The van der Waals surface area contributed by atoms with Crippen LogP contribution in [0.15, 0.2) is 40.4 Å². The number of benzene rings is 1. The number of hydrogen-bond acceptors (Lipinski definition) is 5. The van der Waals surface area contributed by atoms with Gasteiger partial charge in [0.05, 0.1) is 4.91 Å². The number of hydrogen-bond donors (Lipinski definition) is 1. The third-order valence-electron chi connectivity index (χ3n) is 2.05. The van der Waals surface area contributed by atoms with Crippen molar-refractivity contribution < 1.29 is 18.3 Å². The maximum absolute atomic E-state index is 11.6. The summed E-state index contributed by atoms with van der Waals surface area (Å²) in [6, 6.07) is 5.72.